The van der Waals surface area contributed by atoms with E-state index < -0.39 is 5.97 Å². The van der Waals surface area contributed by atoms with E-state index in [1.165, 1.54) is 12.8 Å². The molecule has 176 valence electrons. The number of para-hydroxylation sites is 2. The molecule has 9 nitrogen and oxygen atoms in total. The fourth-order valence-electron chi connectivity index (χ4n) is 5.36. The first-order chi connectivity index (χ1) is 16.6. The minimum atomic E-state index is -0.928. The Labute approximate surface area is 197 Å². The lowest BCUT2D eigenvalue weighted by atomic mass is 10.1. The quantitative estimate of drug-likeness (QED) is 0.411. The number of aromatic carboxylic acids is 1. The van der Waals surface area contributed by atoms with Crippen molar-refractivity contribution >= 4 is 45.6 Å². The van der Waals surface area contributed by atoms with Gasteiger partial charge in [0.25, 0.3) is 0 Å². The maximum atomic E-state index is 12.1. The van der Waals surface area contributed by atoms with Gasteiger partial charge >= 0.3 is 5.97 Å². The van der Waals surface area contributed by atoms with Crippen LogP contribution in [0.4, 0.5) is 17.6 Å². The first kappa shape index (κ1) is 21.0. The number of carboxylic acids is 1. The number of hydrogen-bond acceptors (Lipinski definition) is 6. The molecule has 0 amide bonds. The van der Waals surface area contributed by atoms with Crippen LogP contribution in [-0.4, -0.2) is 68.7 Å². The number of piperazine rings is 1. The van der Waals surface area contributed by atoms with Crippen molar-refractivity contribution in [2.75, 3.05) is 43.4 Å². The Balaban J connectivity index is 1.38. The Morgan fingerprint density at radius 3 is 2.59 bits per heavy atom. The number of fused-ring (bicyclic) bond motifs is 2. The highest BCUT2D eigenvalue weighted by Crippen LogP contribution is 2.36. The smallest absolute Gasteiger partial charge is 0.337 e. The third-order valence-corrected chi connectivity index (χ3v) is 7.19. The Bertz CT molecular complexity index is 1360. The summed E-state index contributed by atoms with van der Waals surface area (Å²) < 4.78 is 2.30. The lowest BCUT2D eigenvalue weighted by Gasteiger charge is -2.34. The average molecular weight is 460 g/mol. The van der Waals surface area contributed by atoms with Crippen molar-refractivity contribution in [1.29, 1.82) is 0 Å². The molecular formula is C25H29N7O2. The Morgan fingerprint density at radius 1 is 1.06 bits per heavy atom. The molecule has 1 saturated carbocycles. The molecule has 0 radical (unpaired) electrons. The molecule has 2 aliphatic rings. The van der Waals surface area contributed by atoms with E-state index in [1.807, 2.05) is 24.3 Å². The lowest BCUT2D eigenvalue weighted by Crippen LogP contribution is -2.45. The number of rotatable bonds is 5. The van der Waals surface area contributed by atoms with Crippen molar-refractivity contribution in [3.05, 3.63) is 42.0 Å². The van der Waals surface area contributed by atoms with Gasteiger partial charge in [-0.05, 0) is 44.2 Å². The van der Waals surface area contributed by atoms with E-state index in [4.69, 9.17) is 9.97 Å². The van der Waals surface area contributed by atoms with Crippen molar-refractivity contribution in [2.45, 2.75) is 31.7 Å². The predicted octanol–water partition coefficient (Wildman–Crippen LogP) is 4.22. The number of nitrogens with zero attached hydrogens (tertiary/aromatic N) is 5. The minimum absolute atomic E-state index is 0.297. The van der Waals surface area contributed by atoms with Crippen LogP contribution in [0.2, 0.25) is 0 Å². The fourth-order valence-corrected chi connectivity index (χ4v) is 5.36. The summed E-state index contributed by atoms with van der Waals surface area (Å²) in [5.74, 6) is 0.407. The van der Waals surface area contributed by atoms with E-state index >= 15 is 0 Å². The van der Waals surface area contributed by atoms with Crippen molar-refractivity contribution in [2.24, 2.45) is 0 Å². The number of aromatic amines is 1. The summed E-state index contributed by atoms with van der Waals surface area (Å²) in [5, 5.41) is 13.3. The molecule has 0 bridgehead atoms. The van der Waals surface area contributed by atoms with E-state index in [2.05, 4.69) is 37.8 Å². The molecule has 1 aliphatic heterocycles. The zero-order valence-electron chi connectivity index (χ0n) is 19.3. The summed E-state index contributed by atoms with van der Waals surface area (Å²) in [6.07, 6.45) is 4.75. The van der Waals surface area contributed by atoms with Crippen molar-refractivity contribution in [3.63, 3.8) is 0 Å². The van der Waals surface area contributed by atoms with Crippen molar-refractivity contribution < 1.29 is 9.90 Å². The zero-order chi connectivity index (χ0) is 23.2. The molecule has 6 rings (SSSR count). The summed E-state index contributed by atoms with van der Waals surface area (Å²) in [4.78, 5) is 29.3. The molecule has 1 saturated heterocycles. The number of hydrogen-bond donors (Lipinski definition) is 3. The van der Waals surface area contributed by atoms with Gasteiger partial charge in [-0.1, -0.05) is 25.0 Å². The molecular weight excluding hydrogens is 430 g/mol. The second kappa shape index (κ2) is 8.32. The zero-order valence-corrected chi connectivity index (χ0v) is 19.3. The monoisotopic (exact) mass is 459 g/mol. The first-order valence-electron chi connectivity index (χ1n) is 12.0. The number of likely N-dealkylation sites (N-methyl/N-ethyl adjacent to an activating group) is 1. The predicted molar refractivity (Wildman–Crippen MR) is 133 cm³/mol. The van der Waals surface area contributed by atoms with Crippen LogP contribution in [0.5, 0.6) is 0 Å². The fraction of sp³-hybridized carbons (Fsp3) is 0.400. The first-order valence-corrected chi connectivity index (χ1v) is 12.0. The van der Waals surface area contributed by atoms with E-state index in [1.54, 1.807) is 6.07 Å². The summed E-state index contributed by atoms with van der Waals surface area (Å²) in [7, 11) is 2.09. The number of aromatic nitrogens is 4. The van der Waals surface area contributed by atoms with Gasteiger partial charge in [0.05, 0.1) is 33.3 Å². The molecule has 4 aromatic rings. The molecule has 3 N–H and O–H groups in total. The Morgan fingerprint density at radius 2 is 1.82 bits per heavy atom. The molecule has 2 aromatic carbocycles. The minimum Gasteiger partial charge on any atom is -0.478 e. The van der Waals surface area contributed by atoms with Crippen LogP contribution in [0.25, 0.3) is 22.1 Å². The van der Waals surface area contributed by atoms with E-state index in [0.29, 0.717) is 23.1 Å². The molecule has 34 heavy (non-hydrogen) atoms. The molecule has 0 spiro atoms. The van der Waals surface area contributed by atoms with E-state index in [-0.39, 0.29) is 0 Å². The van der Waals surface area contributed by atoms with Gasteiger partial charge < -0.3 is 24.5 Å². The van der Waals surface area contributed by atoms with Crippen LogP contribution >= 0.6 is 0 Å². The van der Waals surface area contributed by atoms with Gasteiger partial charge in [0.2, 0.25) is 11.9 Å². The van der Waals surface area contributed by atoms with Gasteiger partial charge in [-0.2, -0.15) is 0 Å². The summed E-state index contributed by atoms with van der Waals surface area (Å²) in [6.45, 7) is 3.40. The number of anilines is 3. The largest absolute Gasteiger partial charge is 0.478 e. The Kier molecular flexibility index (Phi) is 5.13. The molecule has 0 atom stereocenters. The van der Waals surface area contributed by atoms with Crippen LogP contribution in [0.3, 0.4) is 0 Å². The third-order valence-electron chi connectivity index (χ3n) is 7.19. The molecule has 3 heterocycles. The molecule has 1 aliphatic carbocycles. The van der Waals surface area contributed by atoms with E-state index in [0.717, 1.165) is 67.2 Å². The van der Waals surface area contributed by atoms with Crippen LogP contribution in [0.1, 0.15) is 42.1 Å². The average Bonchev–Trinajstić information content (AvgIpc) is 3.56. The van der Waals surface area contributed by atoms with Crippen LogP contribution in [-0.2, 0) is 0 Å². The normalized spacial score (nSPS) is 17.7. The highest BCUT2D eigenvalue weighted by molar-refractivity contribution is 6.00. The van der Waals surface area contributed by atoms with E-state index in [9.17, 15) is 9.90 Å². The van der Waals surface area contributed by atoms with Crippen molar-refractivity contribution in [1.82, 2.24) is 24.4 Å². The maximum Gasteiger partial charge on any atom is 0.337 e. The summed E-state index contributed by atoms with van der Waals surface area (Å²) in [5.41, 5.74) is 4.54. The highest BCUT2D eigenvalue weighted by Gasteiger charge is 2.24. The second-order valence-corrected chi connectivity index (χ2v) is 9.42. The van der Waals surface area contributed by atoms with Gasteiger partial charge in [0.15, 0.2) is 0 Å². The number of nitrogens with one attached hydrogen (secondary N) is 2. The van der Waals surface area contributed by atoms with Gasteiger partial charge in [-0.3, -0.25) is 5.32 Å². The number of carbonyl (C=O) groups is 1. The molecule has 9 heteroatoms. The molecule has 2 fully saturated rings. The van der Waals surface area contributed by atoms with Gasteiger partial charge in [-0.15, -0.1) is 0 Å². The van der Waals surface area contributed by atoms with Crippen molar-refractivity contribution in [3.8, 4) is 0 Å². The number of carboxylic acid groups (broad SMARTS) is 1. The maximum absolute atomic E-state index is 12.1. The van der Waals surface area contributed by atoms with Gasteiger partial charge in [0.1, 0.15) is 0 Å². The molecule has 2 aromatic heterocycles. The third kappa shape index (κ3) is 3.66. The SMILES string of the molecule is CN1CCN(c2cc3nc(Nc4nc5ccccc5n4C4CCCC4)[nH]c3cc2C(=O)O)CC1. The van der Waals surface area contributed by atoms with Gasteiger partial charge in [-0.25, -0.2) is 14.8 Å². The summed E-state index contributed by atoms with van der Waals surface area (Å²) in [6, 6.07) is 12.2. The van der Waals surface area contributed by atoms with Crippen LogP contribution < -0.4 is 10.2 Å². The summed E-state index contributed by atoms with van der Waals surface area (Å²) >= 11 is 0. The number of benzene rings is 2. The van der Waals surface area contributed by atoms with Crippen LogP contribution in [0.15, 0.2) is 36.4 Å². The Hall–Kier alpha value is -3.59. The number of H-pyrrole nitrogens is 1. The topological polar surface area (TPSA) is 102 Å². The second-order valence-electron chi connectivity index (χ2n) is 9.42. The van der Waals surface area contributed by atoms with Crippen LogP contribution in [0, 0.1) is 0 Å². The van der Waals surface area contributed by atoms with Gasteiger partial charge in [0, 0.05) is 32.2 Å². The lowest BCUT2D eigenvalue weighted by molar-refractivity contribution is 0.0697. The standard InChI is InChI=1S/C25H29N7O2/c1-30-10-12-31(13-11-30)22-15-20-19(14-17(22)23(33)34)26-24(27-20)29-25-28-18-8-4-5-9-21(18)32(25)16-6-2-3-7-16/h4-5,8-9,14-16H,2-3,6-7,10-13H2,1H3,(H,33,34)(H2,26,27,28,29). The molecule has 0 unspecified atom stereocenters. The highest BCUT2D eigenvalue weighted by atomic mass is 16.4. The number of imidazole rings is 2.